The zero-order chi connectivity index (χ0) is 20.8. The van der Waals surface area contributed by atoms with Gasteiger partial charge in [0.05, 0.1) is 14.2 Å². The van der Waals surface area contributed by atoms with Gasteiger partial charge in [-0.15, -0.1) is 0 Å². The predicted octanol–water partition coefficient (Wildman–Crippen LogP) is 3.78. The van der Waals surface area contributed by atoms with Crippen molar-refractivity contribution in [3.63, 3.8) is 0 Å². The Kier molecular flexibility index (Phi) is 6.29. The van der Waals surface area contributed by atoms with Crippen LogP contribution in [-0.2, 0) is 6.54 Å². The Balaban J connectivity index is 1.70. The molecule has 7 nitrogen and oxygen atoms in total. The summed E-state index contributed by atoms with van der Waals surface area (Å²) in [7, 11) is 3.16. The van der Waals surface area contributed by atoms with Gasteiger partial charge in [-0.2, -0.15) is 0 Å². The highest BCUT2D eigenvalue weighted by molar-refractivity contribution is 5.93. The molecular weight excluding hydrogens is 368 g/mol. The lowest BCUT2D eigenvalue weighted by molar-refractivity contribution is 0.0945. The van der Waals surface area contributed by atoms with Gasteiger partial charge in [-0.25, -0.2) is 9.97 Å². The lowest BCUT2D eigenvalue weighted by Crippen LogP contribution is -2.24. The molecule has 1 amide bonds. The lowest BCUT2D eigenvalue weighted by Gasteiger charge is -2.11. The van der Waals surface area contributed by atoms with E-state index in [4.69, 9.17) is 9.47 Å². The summed E-state index contributed by atoms with van der Waals surface area (Å²) in [4.78, 5) is 21.2. The Hall–Kier alpha value is -3.61. The topological polar surface area (TPSA) is 85.4 Å². The number of methoxy groups -OCH3 is 2. The standard InChI is InChI=1S/C22H24N4O3/c1-14-5-8-17(9-6-14)26-21-12-18(24-15(2)25-21)22(27)23-13-16-7-10-19(28-3)20(11-16)29-4/h5-12H,13H2,1-4H3,(H,23,27)(H,24,25,26). The number of carbonyl (C=O) groups excluding carboxylic acids is 1. The van der Waals surface area contributed by atoms with Crippen LogP contribution in [0.4, 0.5) is 11.5 Å². The fourth-order valence-corrected chi connectivity index (χ4v) is 2.80. The number of hydrogen-bond acceptors (Lipinski definition) is 6. The lowest BCUT2D eigenvalue weighted by atomic mass is 10.2. The largest absolute Gasteiger partial charge is 0.493 e. The van der Waals surface area contributed by atoms with Crippen LogP contribution in [-0.4, -0.2) is 30.1 Å². The van der Waals surface area contributed by atoms with Gasteiger partial charge in [-0.05, 0) is 43.7 Å². The predicted molar refractivity (Wildman–Crippen MR) is 112 cm³/mol. The van der Waals surface area contributed by atoms with Gasteiger partial charge in [-0.3, -0.25) is 4.79 Å². The molecule has 0 radical (unpaired) electrons. The maximum Gasteiger partial charge on any atom is 0.270 e. The van der Waals surface area contributed by atoms with Gasteiger partial charge in [-0.1, -0.05) is 23.8 Å². The number of ether oxygens (including phenoxy) is 2. The van der Waals surface area contributed by atoms with E-state index in [1.54, 1.807) is 33.3 Å². The Labute approximate surface area is 170 Å². The van der Waals surface area contributed by atoms with Crippen molar-refractivity contribution in [2.75, 3.05) is 19.5 Å². The van der Waals surface area contributed by atoms with Gasteiger partial charge in [0, 0.05) is 18.3 Å². The fourth-order valence-electron chi connectivity index (χ4n) is 2.80. The summed E-state index contributed by atoms with van der Waals surface area (Å²) >= 11 is 0. The molecule has 0 aliphatic carbocycles. The highest BCUT2D eigenvalue weighted by atomic mass is 16.5. The first-order chi connectivity index (χ1) is 14.0. The van der Waals surface area contributed by atoms with Crippen LogP contribution in [0.3, 0.4) is 0 Å². The van der Waals surface area contributed by atoms with Crippen molar-refractivity contribution < 1.29 is 14.3 Å². The van der Waals surface area contributed by atoms with Crippen molar-refractivity contribution in [3.05, 3.63) is 71.2 Å². The minimum atomic E-state index is -0.280. The summed E-state index contributed by atoms with van der Waals surface area (Å²) in [6.07, 6.45) is 0. The van der Waals surface area contributed by atoms with Gasteiger partial charge in [0.2, 0.25) is 0 Å². The summed E-state index contributed by atoms with van der Waals surface area (Å²) in [5, 5.41) is 6.08. The van der Waals surface area contributed by atoms with Crippen molar-refractivity contribution in [1.29, 1.82) is 0 Å². The monoisotopic (exact) mass is 392 g/mol. The number of benzene rings is 2. The zero-order valence-corrected chi connectivity index (χ0v) is 16.9. The van der Waals surface area contributed by atoms with E-state index in [1.165, 1.54) is 5.56 Å². The van der Waals surface area contributed by atoms with Gasteiger partial charge in [0.25, 0.3) is 5.91 Å². The molecule has 2 aromatic carbocycles. The number of aryl methyl sites for hydroxylation is 2. The second kappa shape index (κ2) is 9.05. The van der Waals surface area contributed by atoms with E-state index >= 15 is 0 Å². The molecule has 29 heavy (non-hydrogen) atoms. The summed E-state index contributed by atoms with van der Waals surface area (Å²) in [6, 6.07) is 15.1. The summed E-state index contributed by atoms with van der Waals surface area (Å²) in [5.74, 6) is 2.05. The summed E-state index contributed by atoms with van der Waals surface area (Å²) in [6.45, 7) is 4.12. The van der Waals surface area contributed by atoms with E-state index < -0.39 is 0 Å². The van der Waals surface area contributed by atoms with Crippen molar-refractivity contribution in [3.8, 4) is 11.5 Å². The third-order valence-corrected chi connectivity index (χ3v) is 4.30. The molecule has 7 heteroatoms. The van der Waals surface area contributed by atoms with E-state index in [0.717, 1.165) is 11.3 Å². The number of carbonyl (C=O) groups is 1. The molecule has 0 bridgehead atoms. The molecule has 0 fully saturated rings. The van der Waals surface area contributed by atoms with Crippen LogP contribution < -0.4 is 20.1 Å². The second-order valence-electron chi connectivity index (χ2n) is 6.55. The number of amides is 1. The molecule has 3 rings (SSSR count). The van der Waals surface area contributed by atoms with Crippen LogP contribution in [0, 0.1) is 13.8 Å². The smallest absolute Gasteiger partial charge is 0.270 e. The Morgan fingerprint density at radius 1 is 0.931 bits per heavy atom. The SMILES string of the molecule is COc1ccc(CNC(=O)c2cc(Nc3ccc(C)cc3)nc(C)n2)cc1OC. The number of nitrogens with zero attached hydrogens (tertiary/aromatic N) is 2. The summed E-state index contributed by atoms with van der Waals surface area (Å²) < 4.78 is 10.5. The molecule has 0 spiro atoms. The summed E-state index contributed by atoms with van der Waals surface area (Å²) in [5.41, 5.74) is 3.25. The highest BCUT2D eigenvalue weighted by Gasteiger charge is 2.12. The molecule has 0 aliphatic heterocycles. The van der Waals surface area contributed by atoms with Crippen LogP contribution in [0.25, 0.3) is 0 Å². The maximum atomic E-state index is 12.6. The van der Waals surface area contributed by atoms with Gasteiger partial charge in [0.15, 0.2) is 11.5 Å². The van der Waals surface area contributed by atoms with Crippen molar-refractivity contribution in [2.24, 2.45) is 0 Å². The normalized spacial score (nSPS) is 10.3. The second-order valence-corrected chi connectivity index (χ2v) is 6.55. The zero-order valence-electron chi connectivity index (χ0n) is 16.9. The number of hydrogen-bond donors (Lipinski definition) is 2. The van der Waals surface area contributed by atoms with Crippen molar-refractivity contribution in [1.82, 2.24) is 15.3 Å². The molecule has 0 aliphatic rings. The minimum absolute atomic E-state index is 0.280. The number of nitrogens with one attached hydrogen (secondary N) is 2. The fraction of sp³-hybridized carbons (Fsp3) is 0.227. The van der Waals surface area contributed by atoms with E-state index in [1.807, 2.05) is 43.3 Å². The molecule has 3 aromatic rings. The van der Waals surface area contributed by atoms with Crippen LogP contribution in [0.1, 0.15) is 27.4 Å². The highest BCUT2D eigenvalue weighted by Crippen LogP contribution is 2.27. The molecule has 0 atom stereocenters. The van der Waals surface area contributed by atoms with Crippen LogP contribution in [0.2, 0.25) is 0 Å². The van der Waals surface area contributed by atoms with E-state index in [2.05, 4.69) is 20.6 Å². The van der Waals surface area contributed by atoms with Gasteiger partial charge < -0.3 is 20.1 Å². The molecular formula is C22H24N4O3. The molecule has 1 aromatic heterocycles. The van der Waals surface area contributed by atoms with Crippen LogP contribution in [0.15, 0.2) is 48.5 Å². The van der Waals surface area contributed by atoms with Crippen LogP contribution >= 0.6 is 0 Å². The van der Waals surface area contributed by atoms with E-state index in [0.29, 0.717) is 35.4 Å². The maximum absolute atomic E-state index is 12.6. The number of aromatic nitrogens is 2. The third kappa shape index (κ3) is 5.22. The Morgan fingerprint density at radius 3 is 2.34 bits per heavy atom. The first kappa shape index (κ1) is 20.1. The van der Waals surface area contributed by atoms with E-state index in [-0.39, 0.29) is 5.91 Å². The number of anilines is 2. The Morgan fingerprint density at radius 2 is 1.66 bits per heavy atom. The molecule has 2 N–H and O–H groups in total. The van der Waals surface area contributed by atoms with Crippen molar-refractivity contribution in [2.45, 2.75) is 20.4 Å². The molecule has 0 saturated carbocycles. The first-order valence-electron chi connectivity index (χ1n) is 9.17. The molecule has 1 heterocycles. The molecule has 0 saturated heterocycles. The third-order valence-electron chi connectivity index (χ3n) is 4.30. The molecule has 150 valence electrons. The Bertz CT molecular complexity index is 1000. The van der Waals surface area contributed by atoms with Gasteiger partial charge >= 0.3 is 0 Å². The van der Waals surface area contributed by atoms with Crippen LogP contribution in [0.5, 0.6) is 11.5 Å². The average molecular weight is 392 g/mol. The quantitative estimate of drug-likeness (QED) is 0.636. The minimum Gasteiger partial charge on any atom is -0.493 e. The van der Waals surface area contributed by atoms with Gasteiger partial charge in [0.1, 0.15) is 17.3 Å². The van der Waals surface area contributed by atoms with E-state index in [9.17, 15) is 4.79 Å². The average Bonchev–Trinajstić information content (AvgIpc) is 2.73. The first-order valence-corrected chi connectivity index (χ1v) is 9.17. The van der Waals surface area contributed by atoms with Crippen molar-refractivity contribution >= 4 is 17.4 Å². The molecule has 0 unspecified atom stereocenters. The number of rotatable bonds is 7.